The quantitative estimate of drug-likeness (QED) is 0.486. The van der Waals surface area contributed by atoms with Crippen molar-refractivity contribution in [1.82, 2.24) is 0 Å². The normalized spacial score (nSPS) is 13.2. The molecule has 0 aliphatic carbocycles. The first-order chi connectivity index (χ1) is 4.83. The van der Waals surface area contributed by atoms with Gasteiger partial charge in [0.15, 0.2) is 0 Å². The van der Waals surface area contributed by atoms with Crippen molar-refractivity contribution in [2.24, 2.45) is 11.5 Å². The van der Waals surface area contributed by atoms with Crippen LogP contribution in [0.2, 0.25) is 0 Å². The lowest BCUT2D eigenvalue weighted by Crippen LogP contribution is -2.25. The third kappa shape index (κ3) is 25.8. The molecule has 0 amide bonds. The molecule has 0 rings (SSSR count). The van der Waals surface area contributed by atoms with Crippen molar-refractivity contribution >= 4 is 10.1 Å². The van der Waals surface area contributed by atoms with Gasteiger partial charge in [-0.25, -0.2) is 0 Å². The highest BCUT2D eigenvalue weighted by atomic mass is 32.2. The molecule has 11 heavy (non-hydrogen) atoms. The Kier molecular flexibility index (Phi) is 7.97. The molecule has 70 valence electrons. The van der Waals surface area contributed by atoms with Gasteiger partial charge < -0.3 is 11.5 Å². The van der Waals surface area contributed by atoms with Gasteiger partial charge in [0, 0.05) is 12.6 Å². The minimum Gasteiger partial charge on any atom is -0.329 e. The van der Waals surface area contributed by atoms with E-state index in [0.717, 1.165) is 0 Å². The lowest BCUT2D eigenvalue weighted by atomic mass is 10.4. The minimum atomic E-state index is -3.66. The van der Waals surface area contributed by atoms with Gasteiger partial charge in [-0.2, -0.15) is 8.42 Å². The smallest absolute Gasteiger partial charge is 0.264 e. The van der Waals surface area contributed by atoms with Crippen molar-refractivity contribution in [3.8, 4) is 0 Å². The maximum Gasteiger partial charge on any atom is 0.264 e. The van der Waals surface area contributed by atoms with Crippen LogP contribution in [-0.4, -0.2) is 31.3 Å². The summed E-state index contributed by atoms with van der Waals surface area (Å²) in [6.07, 6.45) is 0. The molecule has 0 heterocycles. The molecule has 1 unspecified atom stereocenters. The average Bonchev–Trinajstić information content (AvgIpc) is 1.88. The van der Waals surface area contributed by atoms with E-state index in [1.54, 1.807) is 0 Å². The Hall–Kier alpha value is -0.170. The fraction of sp³-hybridized carbons (Fsp3) is 1.00. The molecule has 0 aliphatic rings. The van der Waals surface area contributed by atoms with Crippen LogP contribution in [0.5, 0.6) is 0 Å². The number of rotatable bonds is 2. The van der Waals surface area contributed by atoms with Gasteiger partial charge in [-0.15, -0.1) is 0 Å². The molecule has 0 fully saturated rings. The summed E-state index contributed by atoms with van der Waals surface area (Å²) in [5.74, 6) is -0.201. The Balaban J connectivity index is 0. The van der Waals surface area contributed by atoms with E-state index in [0.29, 0.717) is 6.54 Å². The van der Waals surface area contributed by atoms with Crippen molar-refractivity contribution in [2.45, 2.75) is 19.9 Å². The van der Waals surface area contributed by atoms with Crippen molar-refractivity contribution in [3.05, 3.63) is 0 Å². The summed E-state index contributed by atoms with van der Waals surface area (Å²) in [7, 11) is -3.66. The fourth-order valence-electron chi connectivity index (χ4n) is 0. The third-order valence-electron chi connectivity index (χ3n) is 0.737. The summed E-state index contributed by atoms with van der Waals surface area (Å²) in [6, 6.07) is 0.162. The largest absolute Gasteiger partial charge is 0.329 e. The highest BCUT2D eigenvalue weighted by molar-refractivity contribution is 7.85. The van der Waals surface area contributed by atoms with Gasteiger partial charge in [0.25, 0.3) is 10.1 Å². The highest BCUT2D eigenvalue weighted by Gasteiger charge is 1.93. The summed E-state index contributed by atoms with van der Waals surface area (Å²) in [5.41, 5.74) is 10.2. The molecule has 0 aromatic carbocycles. The first-order valence-electron chi connectivity index (χ1n) is 3.24. The molecule has 5 nitrogen and oxygen atoms in total. The molecule has 1 atom stereocenters. The maximum atomic E-state index is 9.56. The van der Waals surface area contributed by atoms with Crippen LogP contribution in [-0.2, 0) is 10.1 Å². The number of nitrogens with two attached hydrogens (primary N) is 2. The second-order valence-corrected chi connectivity index (χ2v) is 3.82. The first kappa shape index (κ1) is 13.4. The van der Waals surface area contributed by atoms with Gasteiger partial charge in [0.05, 0.1) is 5.75 Å². The van der Waals surface area contributed by atoms with Gasteiger partial charge in [-0.1, -0.05) is 0 Å². The molecule has 0 aliphatic heterocycles. The molecule has 0 radical (unpaired) electrons. The Bertz CT molecular complexity index is 165. The lowest BCUT2D eigenvalue weighted by Gasteiger charge is -1.92. The third-order valence-corrected chi connectivity index (χ3v) is 1.47. The molecular weight excluding hydrogens is 168 g/mol. The minimum absolute atomic E-state index is 0.162. The zero-order chi connectivity index (χ0) is 9.49. The van der Waals surface area contributed by atoms with E-state index in [4.69, 9.17) is 16.0 Å². The van der Waals surface area contributed by atoms with Gasteiger partial charge in [0.2, 0.25) is 0 Å². The van der Waals surface area contributed by atoms with Gasteiger partial charge >= 0.3 is 0 Å². The van der Waals surface area contributed by atoms with E-state index in [9.17, 15) is 8.42 Å². The molecule has 5 N–H and O–H groups in total. The topological polar surface area (TPSA) is 106 Å². The Morgan fingerprint density at radius 3 is 1.73 bits per heavy atom. The molecule has 0 saturated heterocycles. The molecule has 6 heteroatoms. The second-order valence-electron chi connectivity index (χ2n) is 2.08. The molecule has 0 saturated carbocycles. The van der Waals surface area contributed by atoms with Gasteiger partial charge in [-0.3, -0.25) is 4.55 Å². The summed E-state index contributed by atoms with van der Waals surface area (Å²) in [5, 5.41) is 0. The van der Waals surface area contributed by atoms with Crippen LogP contribution in [0, 0.1) is 0 Å². The molecule has 0 bridgehead atoms. The Labute approximate surface area is 67.5 Å². The van der Waals surface area contributed by atoms with Crippen molar-refractivity contribution in [2.75, 3.05) is 12.3 Å². The standard InChI is InChI=1S/C3H10N2.C2H6O3S/c1-3(5)2-4;1-2-6(3,4)5/h3H,2,4-5H2,1H3;2H2,1H3,(H,3,4,5). The van der Waals surface area contributed by atoms with Gasteiger partial charge in [-0.05, 0) is 13.8 Å². The maximum absolute atomic E-state index is 9.56. The number of hydrogen-bond acceptors (Lipinski definition) is 4. The monoisotopic (exact) mass is 184 g/mol. The molecule has 0 spiro atoms. The van der Waals surface area contributed by atoms with E-state index in [-0.39, 0.29) is 11.8 Å². The zero-order valence-electron chi connectivity index (χ0n) is 6.82. The predicted molar refractivity (Wildman–Crippen MR) is 44.8 cm³/mol. The van der Waals surface area contributed by atoms with E-state index in [2.05, 4.69) is 0 Å². The molecule has 0 aromatic rings. The van der Waals surface area contributed by atoms with E-state index >= 15 is 0 Å². The fourth-order valence-corrected chi connectivity index (χ4v) is 0. The van der Waals surface area contributed by atoms with Crippen LogP contribution in [0.15, 0.2) is 0 Å². The molecule has 0 aromatic heterocycles. The average molecular weight is 184 g/mol. The van der Waals surface area contributed by atoms with Crippen LogP contribution < -0.4 is 11.5 Å². The first-order valence-corrected chi connectivity index (χ1v) is 4.85. The summed E-state index contributed by atoms with van der Waals surface area (Å²) < 4.78 is 26.9. The van der Waals surface area contributed by atoms with Crippen molar-refractivity contribution < 1.29 is 13.0 Å². The number of hydrogen-bond donors (Lipinski definition) is 3. The van der Waals surface area contributed by atoms with Crippen molar-refractivity contribution in [3.63, 3.8) is 0 Å². The van der Waals surface area contributed by atoms with Crippen LogP contribution >= 0.6 is 0 Å². The van der Waals surface area contributed by atoms with Crippen LogP contribution in [0.25, 0.3) is 0 Å². The zero-order valence-corrected chi connectivity index (χ0v) is 7.63. The van der Waals surface area contributed by atoms with E-state index < -0.39 is 10.1 Å². The van der Waals surface area contributed by atoms with Crippen LogP contribution in [0.3, 0.4) is 0 Å². The summed E-state index contributed by atoms with van der Waals surface area (Å²) in [4.78, 5) is 0. The van der Waals surface area contributed by atoms with Crippen molar-refractivity contribution in [1.29, 1.82) is 0 Å². The SMILES string of the molecule is CC(N)CN.CCS(=O)(=O)O. The summed E-state index contributed by atoms with van der Waals surface area (Å²) in [6.45, 7) is 3.83. The van der Waals surface area contributed by atoms with E-state index in [1.165, 1.54) is 6.92 Å². The predicted octanol–water partition coefficient (Wildman–Crippen LogP) is -0.814. The summed E-state index contributed by atoms with van der Waals surface area (Å²) >= 11 is 0. The Morgan fingerprint density at radius 1 is 1.55 bits per heavy atom. The Morgan fingerprint density at radius 2 is 1.73 bits per heavy atom. The van der Waals surface area contributed by atoms with Gasteiger partial charge in [0.1, 0.15) is 0 Å². The highest BCUT2D eigenvalue weighted by Crippen LogP contribution is 1.74. The van der Waals surface area contributed by atoms with Crippen LogP contribution in [0.1, 0.15) is 13.8 Å². The second kappa shape index (κ2) is 6.53. The lowest BCUT2D eigenvalue weighted by molar-refractivity contribution is 0.484. The van der Waals surface area contributed by atoms with Crippen LogP contribution in [0.4, 0.5) is 0 Å². The molecular formula is C5H16N2O3S. The van der Waals surface area contributed by atoms with E-state index in [1.807, 2.05) is 6.92 Å².